The Labute approximate surface area is 111 Å². The first-order chi connectivity index (χ1) is 9.01. The van der Waals surface area contributed by atoms with Crippen molar-refractivity contribution in [3.8, 4) is 5.75 Å². The van der Waals surface area contributed by atoms with E-state index in [-0.39, 0.29) is 6.42 Å². The molecule has 1 aromatic rings. The normalized spacial score (nSPS) is 12.1. The van der Waals surface area contributed by atoms with Crippen LogP contribution in [0.3, 0.4) is 0 Å². The highest BCUT2D eigenvalue weighted by atomic mass is 16.5. The van der Waals surface area contributed by atoms with Gasteiger partial charge in [0.2, 0.25) is 0 Å². The van der Waals surface area contributed by atoms with E-state index in [1.165, 1.54) is 13.0 Å². The number of ether oxygens (including phenoxy) is 2. The number of hydrogen-bond acceptors (Lipinski definition) is 4. The summed E-state index contributed by atoms with van der Waals surface area (Å²) in [6.45, 7) is 1.53. The van der Waals surface area contributed by atoms with Crippen LogP contribution in [-0.2, 0) is 14.3 Å². The van der Waals surface area contributed by atoms with Gasteiger partial charge in [0.15, 0.2) is 0 Å². The zero-order valence-electron chi connectivity index (χ0n) is 10.8. The number of carboxylic acid groups (broad SMARTS) is 1. The van der Waals surface area contributed by atoms with E-state index >= 15 is 0 Å². The van der Waals surface area contributed by atoms with Crippen LogP contribution >= 0.6 is 0 Å². The molecule has 1 unspecified atom stereocenters. The van der Waals surface area contributed by atoms with E-state index in [1.807, 2.05) is 0 Å². The van der Waals surface area contributed by atoms with Gasteiger partial charge in [0.05, 0.1) is 13.5 Å². The number of carbonyl (C=O) groups is 2. The number of carbonyl (C=O) groups excluding carboxylic acids is 1. The molecule has 0 saturated carbocycles. The molecule has 5 nitrogen and oxygen atoms in total. The molecular formula is C14H16O5. The van der Waals surface area contributed by atoms with E-state index in [0.29, 0.717) is 0 Å². The quantitative estimate of drug-likeness (QED) is 0.629. The molecule has 0 bridgehead atoms. The lowest BCUT2D eigenvalue weighted by atomic mass is 10.2. The second-order valence-electron chi connectivity index (χ2n) is 3.95. The first kappa shape index (κ1) is 14.8. The van der Waals surface area contributed by atoms with Crippen LogP contribution in [0, 0.1) is 0 Å². The summed E-state index contributed by atoms with van der Waals surface area (Å²) in [5.41, 5.74) is 0.823. The Balaban J connectivity index is 2.50. The number of carboxylic acids is 1. The minimum absolute atomic E-state index is 0.206. The smallest absolute Gasteiger partial charge is 0.331 e. The third-order valence-corrected chi connectivity index (χ3v) is 2.31. The summed E-state index contributed by atoms with van der Waals surface area (Å²) in [4.78, 5) is 21.8. The van der Waals surface area contributed by atoms with E-state index in [2.05, 4.69) is 0 Å². The fraction of sp³-hybridized carbons (Fsp3) is 0.286. The summed E-state index contributed by atoms with van der Waals surface area (Å²) >= 11 is 0. The molecule has 19 heavy (non-hydrogen) atoms. The average molecular weight is 264 g/mol. The fourth-order valence-corrected chi connectivity index (χ4v) is 1.40. The molecule has 0 aromatic heterocycles. The Kier molecular flexibility index (Phi) is 5.60. The van der Waals surface area contributed by atoms with Gasteiger partial charge in [-0.3, -0.25) is 4.79 Å². The van der Waals surface area contributed by atoms with Crippen molar-refractivity contribution in [2.45, 2.75) is 19.4 Å². The molecule has 1 rings (SSSR count). The van der Waals surface area contributed by atoms with Crippen molar-refractivity contribution in [1.82, 2.24) is 0 Å². The summed E-state index contributed by atoms with van der Waals surface area (Å²) in [6.07, 6.45) is 2.00. The van der Waals surface area contributed by atoms with Crippen LogP contribution in [0.25, 0.3) is 6.08 Å². The van der Waals surface area contributed by atoms with Crippen LogP contribution < -0.4 is 4.74 Å². The third-order valence-electron chi connectivity index (χ3n) is 2.31. The predicted molar refractivity (Wildman–Crippen MR) is 69.8 cm³/mol. The average Bonchev–Trinajstić information content (AvgIpc) is 2.36. The Morgan fingerprint density at radius 2 is 1.95 bits per heavy atom. The van der Waals surface area contributed by atoms with Crippen molar-refractivity contribution in [2.24, 2.45) is 0 Å². The second kappa shape index (κ2) is 7.20. The van der Waals surface area contributed by atoms with Gasteiger partial charge in [0.25, 0.3) is 0 Å². The van der Waals surface area contributed by atoms with Gasteiger partial charge in [-0.25, -0.2) is 4.79 Å². The molecule has 0 aliphatic rings. The highest BCUT2D eigenvalue weighted by Crippen LogP contribution is 2.12. The molecule has 1 atom stereocenters. The number of esters is 1. The Morgan fingerprint density at radius 1 is 1.32 bits per heavy atom. The highest BCUT2D eigenvalue weighted by molar-refractivity contribution is 5.87. The van der Waals surface area contributed by atoms with Gasteiger partial charge < -0.3 is 14.6 Å². The summed E-state index contributed by atoms with van der Waals surface area (Å²) < 4.78 is 9.91. The number of benzene rings is 1. The number of hydrogen-bond donors (Lipinski definition) is 1. The summed E-state index contributed by atoms with van der Waals surface area (Å²) in [5.74, 6) is -0.834. The van der Waals surface area contributed by atoms with Gasteiger partial charge in [-0.05, 0) is 30.7 Å². The van der Waals surface area contributed by atoms with Gasteiger partial charge in [0.1, 0.15) is 11.9 Å². The molecule has 0 aliphatic carbocycles. The summed E-state index contributed by atoms with van der Waals surface area (Å²) in [6, 6.07) is 7.14. The predicted octanol–water partition coefficient (Wildman–Crippen LogP) is 2.11. The van der Waals surface area contributed by atoms with Gasteiger partial charge in [-0.15, -0.1) is 0 Å². The first-order valence-electron chi connectivity index (χ1n) is 5.76. The van der Waals surface area contributed by atoms with Crippen LogP contribution in [0.15, 0.2) is 30.3 Å². The zero-order chi connectivity index (χ0) is 14.3. The van der Waals surface area contributed by atoms with Crippen molar-refractivity contribution in [1.29, 1.82) is 0 Å². The topological polar surface area (TPSA) is 72.8 Å². The van der Waals surface area contributed by atoms with Crippen LogP contribution in [0.4, 0.5) is 0 Å². The largest absolute Gasteiger partial charge is 0.497 e. The maximum absolute atomic E-state index is 11.4. The summed E-state index contributed by atoms with van der Waals surface area (Å²) in [5, 5.41) is 8.53. The van der Waals surface area contributed by atoms with Crippen LogP contribution in [0.2, 0.25) is 0 Å². The molecule has 1 aromatic carbocycles. The number of aliphatic carboxylic acids is 1. The van der Waals surface area contributed by atoms with Gasteiger partial charge in [-0.2, -0.15) is 0 Å². The monoisotopic (exact) mass is 264 g/mol. The van der Waals surface area contributed by atoms with Gasteiger partial charge >= 0.3 is 11.9 Å². The second-order valence-corrected chi connectivity index (χ2v) is 3.95. The third kappa shape index (κ3) is 5.72. The first-order valence-corrected chi connectivity index (χ1v) is 5.76. The van der Waals surface area contributed by atoms with Crippen LogP contribution in [0.1, 0.15) is 18.9 Å². The van der Waals surface area contributed by atoms with E-state index in [0.717, 1.165) is 11.3 Å². The molecule has 1 N–H and O–H groups in total. The Morgan fingerprint density at radius 3 is 2.47 bits per heavy atom. The molecule has 0 saturated heterocycles. The molecule has 0 spiro atoms. The SMILES string of the molecule is COc1ccc(/C=C/C(=O)OC(C)CC(=O)O)cc1. The van der Waals surface area contributed by atoms with E-state index in [4.69, 9.17) is 14.6 Å². The lowest BCUT2D eigenvalue weighted by molar-refractivity contribution is -0.147. The Hall–Kier alpha value is -2.30. The maximum Gasteiger partial charge on any atom is 0.331 e. The van der Waals surface area contributed by atoms with Crippen molar-refractivity contribution in [3.63, 3.8) is 0 Å². The standard InChI is InChI=1S/C14H16O5/c1-10(9-13(15)16)19-14(17)8-5-11-3-6-12(18-2)7-4-11/h3-8,10H,9H2,1-2H3,(H,15,16)/b8-5+. The molecule has 0 amide bonds. The fourth-order valence-electron chi connectivity index (χ4n) is 1.40. The van der Waals surface area contributed by atoms with E-state index < -0.39 is 18.0 Å². The number of methoxy groups -OCH3 is 1. The lowest BCUT2D eigenvalue weighted by Gasteiger charge is -2.08. The maximum atomic E-state index is 11.4. The molecule has 5 heteroatoms. The molecule has 0 heterocycles. The van der Waals surface area contributed by atoms with Crippen molar-refractivity contribution in [2.75, 3.05) is 7.11 Å². The molecule has 102 valence electrons. The zero-order valence-corrected chi connectivity index (χ0v) is 10.8. The van der Waals surface area contributed by atoms with Crippen LogP contribution in [-0.4, -0.2) is 30.3 Å². The van der Waals surface area contributed by atoms with Gasteiger partial charge in [-0.1, -0.05) is 12.1 Å². The van der Waals surface area contributed by atoms with Gasteiger partial charge in [0, 0.05) is 6.08 Å². The Bertz CT molecular complexity index is 461. The molecule has 0 aliphatic heterocycles. The number of rotatable bonds is 6. The van der Waals surface area contributed by atoms with E-state index in [9.17, 15) is 9.59 Å². The van der Waals surface area contributed by atoms with Crippen LogP contribution in [0.5, 0.6) is 5.75 Å². The molecule has 0 fully saturated rings. The summed E-state index contributed by atoms with van der Waals surface area (Å²) in [7, 11) is 1.58. The highest BCUT2D eigenvalue weighted by Gasteiger charge is 2.10. The van der Waals surface area contributed by atoms with Crippen molar-refractivity contribution in [3.05, 3.63) is 35.9 Å². The van der Waals surface area contributed by atoms with E-state index in [1.54, 1.807) is 37.5 Å². The van der Waals surface area contributed by atoms with Crippen molar-refractivity contribution < 1.29 is 24.2 Å². The molecule has 0 radical (unpaired) electrons. The minimum Gasteiger partial charge on any atom is -0.497 e. The molecular weight excluding hydrogens is 248 g/mol. The van der Waals surface area contributed by atoms with Crippen molar-refractivity contribution >= 4 is 18.0 Å². The minimum atomic E-state index is -1.00. The lowest BCUT2D eigenvalue weighted by Crippen LogP contribution is -2.16.